The number of carbonyl (C=O) groups is 1. The van der Waals surface area contributed by atoms with E-state index in [2.05, 4.69) is 10.1 Å². The van der Waals surface area contributed by atoms with Gasteiger partial charge in [-0.15, -0.1) is 0 Å². The van der Waals surface area contributed by atoms with Crippen molar-refractivity contribution in [1.82, 2.24) is 19.3 Å². The van der Waals surface area contributed by atoms with Crippen LogP contribution in [0.25, 0.3) is 21.9 Å². The molecule has 0 spiro atoms. The second-order valence-electron chi connectivity index (χ2n) is 5.90. The summed E-state index contributed by atoms with van der Waals surface area (Å²) in [6.45, 7) is 0.156. The Kier molecular flexibility index (Phi) is 3.49. The minimum absolute atomic E-state index is 0.125. The van der Waals surface area contributed by atoms with Gasteiger partial charge in [-0.2, -0.15) is 9.49 Å². The molecule has 0 radical (unpaired) electrons. The number of pyridine rings is 1. The summed E-state index contributed by atoms with van der Waals surface area (Å²) in [7, 11) is 3.54. The summed E-state index contributed by atoms with van der Waals surface area (Å²) in [5.74, 6) is -0.696. The number of amides is 1. The first-order valence-electron chi connectivity index (χ1n) is 7.83. The van der Waals surface area contributed by atoms with Crippen LogP contribution in [0.3, 0.4) is 0 Å². The Morgan fingerprint density at radius 2 is 1.96 bits per heavy atom. The molecule has 0 atom stereocenters. The van der Waals surface area contributed by atoms with E-state index >= 15 is 0 Å². The number of hydrogen-bond acceptors (Lipinski definition) is 3. The van der Waals surface area contributed by atoms with E-state index in [0.717, 1.165) is 21.9 Å². The van der Waals surface area contributed by atoms with Crippen LogP contribution >= 0.6 is 0 Å². The average molecular weight is 337 g/mol. The highest BCUT2D eigenvalue weighted by atomic mass is 19.1. The van der Waals surface area contributed by atoms with Gasteiger partial charge >= 0.3 is 0 Å². The summed E-state index contributed by atoms with van der Waals surface area (Å²) in [5, 5.41) is 5.36. The smallest absolute Gasteiger partial charge is 0.246 e. The Morgan fingerprint density at radius 1 is 1.16 bits per heavy atom. The number of rotatable bonds is 3. The number of para-hydroxylation sites is 1. The van der Waals surface area contributed by atoms with E-state index in [0.29, 0.717) is 5.69 Å². The number of anilines is 1. The van der Waals surface area contributed by atoms with Crippen molar-refractivity contribution in [1.29, 1.82) is 0 Å². The number of carbonyl (C=O) groups excluding carboxylic acids is 1. The topological polar surface area (TPSA) is 56.0 Å². The lowest BCUT2D eigenvalue weighted by atomic mass is 10.2. The van der Waals surface area contributed by atoms with Crippen molar-refractivity contribution in [3.8, 4) is 0 Å². The Balaban J connectivity index is 1.74. The molecule has 4 aromatic rings. The normalized spacial score (nSPS) is 11.3. The number of hydrogen-bond donors (Lipinski definition) is 0. The number of likely N-dealkylation sites (N-methyl/N-ethyl adjacent to an activating group) is 1. The molecular formula is C18H16FN5O. The van der Waals surface area contributed by atoms with Crippen LogP contribution < -0.4 is 4.90 Å². The fourth-order valence-electron chi connectivity index (χ4n) is 3.10. The maximum absolute atomic E-state index is 13.0. The number of nitrogens with zero attached hydrogens (tertiary/aromatic N) is 5. The van der Waals surface area contributed by atoms with Crippen molar-refractivity contribution in [3.05, 3.63) is 54.7 Å². The third-order valence-corrected chi connectivity index (χ3v) is 4.43. The highest BCUT2D eigenvalue weighted by Crippen LogP contribution is 2.28. The first-order valence-corrected chi connectivity index (χ1v) is 7.83. The second-order valence-corrected chi connectivity index (χ2v) is 5.90. The van der Waals surface area contributed by atoms with E-state index in [1.165, 1.54) is 23.2 Å². The van der Waals surface area contributed by atoms with Crippen LogP contribution in [0.1, 0.15) is 0 Å². The molecule has 0 aliphatic carbocycles. The highest BCUT2D eigenvalue weighted by molar-refractivity contribution is 6.07. The quantitative estimate of drug-likeness (QED) is 0.540. The lowest BCUT2D eigenvalue weighted by Gasteiger charge is -2.17. The number of fused-ring (bicyclic) bond motifs is 3. The summed E-state index contributed by atoms with van der Waals surface area (Å²) in [6, 6.07) is 10.7. The fourth-order valence-corrected chi connectivity index (χ4v) is 3.10. The molecule has 126 valence electrons. The third-order valence-electron chi connectivity index (χ3n) is 4.43. The van der Waals surface area contributed by atoms with Crippen molar-refractivity contribution < 1.29 is 9.18 Å². The van der Waals surface area contributed by atoms with Crippen LogP contribution in [0.4, 0.5) is 10.1 Å². The maximum Gasteiger partial charge on any atom is 0.246 e. The predicted octanol–water partition coefficient (Wildman–Crippen LogP) is 2.73. The minimum atomic E-state index is -0.571. The molecule has 0 fully saturated rings. The van der Waals surface area contributed by atoms with Gasteiger partial charge in [0.05, 0.1) is 34.6 Å². The molecule has 25 heavy (non-hydrogen) atoms. The standard InChI is InChI=1S/C18H16FN5O/c1-22(12-7-8-16(19)20-9-12)17(25)11-24-14-6-4-3-5-13(14)18-15(24)10-21-23(18)2/h3-10H,11H2,1-2H3. The first-order chi connectivity index (χ1) is 12.1. The first kappa shape index (κ1) is 15.3. The van der Waals surface area contributed by atoms with Crippen molar-refractivity contribution in [2.75, 3.05) is 11.9 Å². The van der Waals surface area contributed by atoms with Gasteiger partial charge in [-0.25, -0.2) is 4.98 Å². The number of halogens is 1. The summed E-state index contributed by atoms with van der Waals surface area (Å²) < 4.78 is 16.7. The zero-order valence-corrected chi connectivity index (χ0v) is 13.8. The van der Waals surface area contributed by atoms with Crippen molar-refractivity contribution in [2.45, 2.75) is 6.54 Å². The van der Waals surface area contributed by atoms with Gasteiger partial charge in [0.25, 0.3) is 0 Å². The molecule has 0 unspecified atom stereocenters. The summed E-state index contributed by atoms with van der Waals surface area (Å²) in [6.07, 6.45) is 3.11. The Labute approximate surface area is 143 Å². The summed E-state index contributed by atoms with van der Waals surface area (Å²) in [5.41, 5.74) is 3.42. The molecule has 0 saturated carbocycles. The van der Waals surface area contributed by atoms with E-state index in [-0.39, 0.29) is 12.5 Å². The Hall–Kier alpha value is -3.22. The van der Waals surface area contributed by atoms with Gasteiger partial charge in [0.1, 0.15) is 6.54 Å². The SMILES string of the molecule is CN(C(=O)Cn1c2ccccc2c2c1cnn2C)c1ccc(F)nc1. The lowest BCUT2D eigenvalue weighted by molar-refractivity contribution is -0.118. The molecule has 7 heteroatoms. The van der Waals surface area contributed by atoms with Gasteiger partial charge in [0, 0.05) is 19.5 Å². The van der Waals surface area contributed by atoms with Crippen molar-refractivity contribution >= 4 is 33.5 Å². The van der Waals surface area contributed by atoms with E-state index in [9.17, 15) is 9.18 Å². The van der Waals surface area contributed by atoms with Gasteiger partial charge in [0.15, 0.2) is 0 Å². The lowest BCUT2D eigenvalue weighted by Crippen LogP contribution is -2.30. The van der Waals surface area contributed by atoms with Gasteiger partial charge < -0.3 is 9.47 Å². The number of benzene rings is 1. The minimum Gasteiger partial charge on any atom is -0.328 e. The number of aromatic nitrogens is 4. The van der Waals surface area contributed by atoms with E-state index < -0.39 is 5.95 Å². The third kappa shape index (κ3) is 2.44. The summed E-state index contributed by atoms with van der Waals surface area (Å²) >= 11 is 0. The molecular weight excluding hydrogens is 321 g/mol. The number of aryl methyl sites for hydroxylation is 1. The van der Waals surface area contributed by atoms with Crippen molar-refractivity contribution in [3.63, 3.8) is 0 Å². The zero-order valence-electron chi connectivity index (χ0n) is 13.8. The predicted molar refractivity (Wildman–Crippen MR) is 93.8 cm³/mol. The van der Waals surface area contributed by atoms with Crippen molar-refractivity contribution in [2.24, 2.45) is 7.05 Å². The fraction of sp³-hybridized carbons (Fsp3) is 0.167. The Morgan fingerprint density at radius 3 is 2.72 bits per heavy atom. The van der Waals surface area contributed by atoms with Crippen LogP contribution in [0, 0.1) is 5.95 Å². The molecule has 3 heterocycles. The van der Waals surface area contributed by atoms with Gasteiger partial charge in [-0.05, 0) is 18.2 Å². The monoisotopic (exact) mass is 337 g/mol. The van der Waals surface area contributed by atoms with Crippen LogP contribution in [0.5, 0.6) is 0 Å². The molecule has 1 amide bonds. The summed E-state index contributed by atoms with van der Waals surface area (Å²) in [4.78, 5) is 17.8. The Bertz CT molecular complexity index is 1080. The van der Waals surface area contributed by atoms with Crippen LogP contribution in [-0.4, -0.2) is 32.3 Å². The van der Waals surface area contributed by atoms with E-state index in [1.807, 2.05) is 40.6 Å². The van der Waals surface area contributed by atoms with Crippen LogP contribution in [0.15, 0.2) is 48.8 Å². The molecule has 4 rings (SSSR count). The van der Waals surface area contributed by atoms with Crippen LogP contribution in [-0.2, 0) is 18.4 Å². The molecule has 0 N–H and O–H groups in total. The highest BCUT2D eigenvalue weighted by Gasteiger charge is 2.18. The molecule has 6 nitrogen and oxygen atoms in total. The van der Waals surface area contributed by atoms with Gasteiger partial charge in [-0.1, -0.05) is 18.2 Å². The molecule has 3 aromatic heterocycles. The molecule has 0 bridgehead atoms. The molecule has 0 aliphatic heterocycles. The van der Waals surface area contributed by atoms with Crippen LogP contribution in [0.2, 0.25) is 0 Å². The maximum atomic E-state index is 13.0. The van der Waals surface area contributed by atoms with E-state index in [1.54, 1.807) is 13.2 Å². The van der Waals surface area contributed by atoms with E-state index in [4.69, 9.17) is 0 Å². The average Bonchev–Trinajstić information content (AvgIpc) is 3.14. The molecule has 1 aromatic carbocycles. The second kappa shape index (κ2) is 5.70. The molecule has 0 aliphatic rings. The largest absolute Gasteiger partial charge is 0.328 e. The molecule has 0 saturated heterocycles. The van der Waals surface area contributed by atoms with Gasteiger partial charge in [0.2, 0.25) is 11.9 Å². The van der Waals surface area contributed by atoms with Gasteiger partial charge in [-0.3, -0.25) is 9.48 Å². The zero-order chi connectivity index (χ0) is 17.6.